The third kappa shape index (κ3) is 4.28. The van der Waals surface area contributed by atoms with E-state index in [0.717, 1.165) is 24.4 Å². The van der Waals surface area contributed by atoms with Crippen molar-refractivity contribution < 1.29 is 5.21 Å². The molecule has 0 saturated carbocycles. The van der Waals surface area contributed by atoms with Crippen LogP contribution in [0.5, 0.6) is 0 Å². The summed E-state index contributed by atoms with van der Waals surface area (Å²) in [6, 6.07) is 9.73. The SMILES string of the molecule is Cn1cnc(CCNCC(/C(N)=N/O)c2ccccc2)n1. The molecule has 0 amide bonds. The fourth-order valence-electron chi connectivity index (χ4n) is 2.09. The second kappa shape index (κ2) is 7.39. The summed E-state index contributed by atoms with van der Waals surface area (Å²) in [5, 5.41) is 19.6. The molecule has 112 valence electrons. The number of nitrogens with two attached hydrogens (primary N) is 1. The number of aromatic nitrogens is 3. The lowest BCUT2D eigenvalue weighted by Gasteiger charge is -2.16. The molecule has 0 aliphatic heterocycles. The molecule has 0 fully saturated rings. The first kappa shape index (κ1) is 15.0. The first-order valence-electron chi connectivity index (χ1n) is 6.78. The average Bonchev–Trinajstić information content (AvgIpc) is 2.93. The van der Waals surface area contributed by atoms with E-state index in [9.17, 15) is 0 Å². The van der Waals surface area contributed by atoms with Gasteiger partial charge in [-0.25, -0.2) is 4.98 Å². The van der Waals surface area contributed by atoms with Crippen LogP contribution in [0.15, 0.2) is 41.8 Å². The van der Waals surface area contributed by atoms with Crippen LogP contribution in [0.2, 0.25) is 0 Å². The summed E-state index contributed by atoms with van der Waals surface area (Å²) in [6.45, 7) is 1.32. The first-order chi connectivity index (χ1) is 10.2. The molecule has 0 spiro atoms. The van der Waals surface area contributed by atoms with Gasteiger partial charge in [0.05, 0.1) is 5.92 Å². The van der Waals surface area contributed by atoms with Crippen LogP contribution in [-0.4, -0.2) is 38.9 Å². The Morgan fingerprint density at radius 2 is 2.19 bits per heavy atom. The van der Waals surface area contributed by atoms with Crippen LogP contribution in [-0.2, 0) is 13.5 Å². The van der Waals surface area contributed by atoms with Gasteiger partial charge in [0.25, 0.3) is 0 Å². The standard InChI is InChI=1S/C14H20N6O/c1-20-10-17-13(18-20)7-8-16-9-12(14(15)19-21)11-5-3-2-4-6-11/h2-6,10,12,16,21H,7-9H2,1H3,(H2,15,19). The Morgan fingerprint density at radius 1 is 1.43 bits per heavy atom. The molecule has 1 aromatic carbocycles. The minimum atomic E-state index is -0.159. The summed E-state index contributed by atoms with van der Waals surface area (Å²) in [7, 11) is 1.84. The van der Waals surface area contributed by atoms with Crippen molar-refractivity contribution in [2.75, 3.05) is 13.1 Å². The van der Waals surface area contributed by atoms with Gasteiger partial charge in [0.1, 0.15) is 12.2 Å². The van der Waals surface area contributed by atoms with Gasteiger partial charge in [-0.3, -0.25) is 4.68 Å². The fraction of sp³-hybridized carbons (Fsp3) is 0.357. The predicted molar refractivity (Wildman–Crippen MR) is 80.2 cm³/mol. The van der Waals surface area contributed by atoms with Crippen LogP contribution < -0.4 is 11.1 Å². The first-order valence-corrected chi connectivity index (χ1v) is 6.78. The Hall–Kier alpha value is -2.41. The molecule has 2 aromatic rings. The molecule has 0 bridgehead atoms. The fourth-order valence-corrected chi connectivity index (χ4v) is 2.09. The molecule has 7 nitrogen and oxygen atoms in total. The topological polar surface area (TPSA) is 101 Å². The second-order valence-corrected chi connectivity index (χ2v) is 4.78. The summed E-state index contributed by atoms with van der Waals surface area (Å²) >= 11 is 0. The maximum atomic E-state index is 8.92. The van der Waals surface area contributed by atoms with E-state index in [-0.39, 0.29) is 11.8 Å². The largest absolute Gasteiger partial charge is 0.409 e. The number of hydrogen-bond donors (Lipinski definition) is 3. The van der Waals surface area contributed by atoms with Crippen LogP contribution in [0, 0.1) is 0 Å². The van der Waals surface area contributed by atoms with Gasteiger partial charge in [0.2, 0.25) is 0 Å². The highest BCUT2D eigenvalue weighted by Gasteiger charge is 2.15. The highest BCUT2D eigenvalue weighted by atomic mass is 16.4. The number of nitrogens with zero attached hydrogens (tertiary/aromatic N) is 4. The van der Waals surface area contributed by atoms with Crippen molar-refractivity contribution in [3.05, 3.63) is 48.0 Å². The van der Waals surface area contributed by atoms with E-state index in [0.29, 0.717) is 6.54 Å². The van der Waals surface area contributed by atoms with Crippen LogP contribution in [0.25, 0.3) is 0 Å². The van der Waals surface area contributed by atoms with Crippen LogP contribution in [0.4, 0.5) is 0 Å². The lowest BCUT2D eigenvalue weighted by atomic mass is 9.98. The van der Waals surface area contributed by atoms with Crippen LogP contribution in [0.3, 0.4) is 0 Å². The van der Waals surface area contributed by atoms with Crippen molar-refractivity contribution in [2.45, 2.75) is 12.3 Å². The van der Waals surface area contributed by atoms with Gasteiger partial charge in [0, 0.05) is 26.6 Å². The van der Waals surface area contributed by atoms with Gasteiger partial charge < -0.3 is 16.3 Å². The number of rotatable bonds is 7. The van der Waals surface area contributed by atoms with Gasteiger partial charge in [-0.15, -0.1) is 0 Å². The second-order valence-electron chi connectivity index (χ2n) is 4.78. The molecule has 2 rings (SSSR count). The van der Waals surface area contributed by atoms with Crippen molar-refractivity contribution in [1.82, 2.24) is 20.1 Å². The molecule has 1 unspecified atom stereocenters. The third-order valence-electron chi connectivity index (χ3n) is 3.20. The number of benzene rings is 1. The quantitative estimate of drug-likeness (QED) is 0.226. The van der Waals surface area contributed by atoms with Crippen molar-refractivity contribution in [1.29, 1.82) is 0 Å². The molecule has 7 heteroatoms. The smallest absolute Gasteiger partial charge is 0.151 e. The predicted octanol–water partition coefficient (Wildman–Crippen LogP) is 0.477. The zero-order chi connectivity index (χ0) is 15.1. The van der Waals surface area contributed by atoms with Crippen molar-refractivity contribution in [3.8, 4) is 0 Å². The third-order valence-corrected chi connectivity index (χ3v) is 3.20. The monoisotopic (exact) mass is 288 g/mol. The van der Waals surface area contributed by atoms with E-state index in [2.05, 4.69) is 20.6 Å². The van der Waals surface area contributed by atoms with E-state index in [4.69, 9.17) is 10.9 Å². The lowest BCUT2D eigenvalue weighted by molar-refractivity contribution is 0.315. The molecule has 21 heavy (non-hydrogen) atoms. The Kier molecular flexibility index (Phi) is 5.28. The van der Waals surface area contributed by atoms with Crippen molar-refractivity contribution >= 4 is 5.84 Å². The summed E-state index contributed by atoms with van der Waals surface area (Å²) in [5.74, 6) is 0.836. The van der Waals surface area contributed by atoms with Gasteiger partial charge >= 0.3 is 0 Å². The molecule has 1 heterocycles. The minimum absolute atomic E-state index is 0.159. The zero-order valence-corrected chi connectivity index (χ0v) is 12.0. The van der Waals surface area contributed by atoms with Crippen molar-refractivity contribution in [3.63, 3.8) is 0 Å². The minimum Gasteiger partial charge on any atom is -0.409 e. The number of oxime groups is 1. The number of hydrogen-bond acceptors (Lipinski definition) is 5. The molecule has 1 aromatic heterocycles. The molecule has 0 aliphatic rings. The summed E-state index contributed by atoms with van der Waals surface area (Å²) < 4.78 is 1.68. The Labute approximate surface area is 123 Å². The highest BCUT2D eigenvalue weighted by Crippen LogP contribution is 2.14. The summed E-state index contributed by atoms with van der Waals surface area (Å²) in [6.07, 6.45) is 2.41. The summed E-state index contributed by atoms with van der Waals surface area (Å²) in [4.78, 5) is 4.17. The normalized spacial score (nSPS) is 13.3. The molecule has 1 atom stereocenters. The van der Waals surface area contributed by atoms with Gasteiger partial charge in [-0.1, -0.05) is 35.5 Å². The molecule has 0 saturated heterocycles. The van der Waals surface area contributed by atoms with Crippen LogP contribution in [0.1, 0.15) is 17.3 Å². The van der Waals surface area contributed by atoms with Gasteiger partial charge in [0.15, 0.2) is 5.82 Å². The molecule has 4 N–H and O–H groups in total. The summed E-state index contributed by atoms with van der Waals surface area (Å²) in [5.41, 5.74) is 6.79. The molecule has 0 radical (unpaired) electrons. The number of nitrogens with one attached hydrogen (secondary N) is 1. The molecular weight excluding hydrogens is 268 g/mol. The van der Waals surface area contributed by atoms with E-state index >= 15 is 0 Å². The van der Waals surface area contributed by atoms with Crippen molar-refractivity contribution in [2.24, 2.45) is 17.9 Å². The zero-order valence-electron chi connectivity index (χ0n) is 12.0. The average molecular weight is 288 g/mol. The van der Waals surface area contributed by atoms with Gasteiger partial charge in [-0.05, 0) is 5.56 Å². The maximum absolute atomic E-state index is 8.92. The lowest BCUT2D eigenvalue weighted by Crippen LogP contribution is -2.32. The van der Waals surface area contributed by atoms with E-state index in [1.165, 1.54) is 0 Å². The highest BCUT2D eigenvalue weighted by molar-refractivity contribution is 5.87. The maximum Gasteiger partial charge on any atom is 0.151 e. The van der Waals surface area contributed by atoms with E-state index < -0.39 is 0 Å². The number of aryl methyl sites for hydroxylation is 1. The Bertz CT molecular complexity index is 580. The van der Waals surface area contributed by atoms with Gasteiger partial charge in [-0.2, -0.15) is 5.10 Å². The van der Waals surface area contributed by atoms with Crippen LogP contribution >= 0.6 is 0 Å². The molecular formula is C14H20N6O. The number of amidine groups is 1. The van der Waals surface area contributed by atoms with E-state index in [1.807, 2.05) is 37.4 Å². The Morgan fingerprint density at radius 3 is 2.81 bits per heavy atom. The Balaban J connectivity index is 1.88. The molecule has 0 aliphatic carbocycles. The van der Waals surface area contributed by atoms with E-state index in [1.54, 1.807) is 11.0 Å².